The Labute approximate surface area is 219 Å². The van der Waals surface area contributed by atoms with Crippen LogP contribution in [0.25, 0.3) is 0 Å². The summed E-state index contributed by atoms with van der Waals surface area (Å²) in [5.41, 5.74) is 1.03. The number of hydrogen-bond donors (Lipinski definition) is 3. The van der Waals surface area contributed by atoms with Crippen molar-refractivity contribution in [3.63, 3.8) is 0 Å². The molecule has 0 saturated carbocycles. The highest BCUT2D eigenvalue weighted by Crippen LogP contribution is 2.35. The summed E-state index contributed by atoms with van der Waals surface area (Å²) < 4.78 is 74.9. The molecule has 0 radical (unpaired) electrons. The van der Waals surface area contributed by atoms with Gasteiger partial charge in [0.2, 0.25) is 5.91 Å². The van der Waals surface area contributed by atoms with E-state index < -0.39 is 24.3 Å². The molecule has 10 nitrogen and oxygen atoms in total. The second-order valence-corrected chi connectivity index (χ2v) is 8.95. The Morgan fingerprint density at radius 1 is 0.974 bits per heavy atom. The zero-order valence-electron chi connectivity index (χ0n) is 20.6. The Kier molecular flexibility index (Phi) is 11.9. The van der Waals surface area contributed by atoms with Crippen LogP contribution in [-0.2, 0) is 30.4 Å². The first-order valence-corrected chi connectivity index (χ1v) is 11.9. The fourth-order valence-corrected chi connectivity index (χ4v) is 4.46. The van der Waals surface area contributed by atoms with Crippen molar-refractivity contribution in [2.24, 2.45) is 11.8 Å². The number of rotatable bonds is 4. The predicted molar refractivity (Wildman–Crippen MR) is 120 cm³/mol. The molecule has 3 aliphatic rings. The lowest BCUT2D eigenvalue weighted by atomic mass is 9.81. The fourth-order valence-electron chi connectivity index (χ4n) is 4.46. The maximum absolute atomic E-state index is 12.9. The van der Waals surface area contributed by atoms with Gasteiger partial charge in [0.05, 0.1) is 12.0 Å². The predicted octanol–water partition coefficient (Wildman–Crippen LogP) is 2.48. The van der Waals surface area contributed by atoms with Gasteiger partial charge in [0.15, 0.2) is 0 Å². The number of nitrogens with zero attached hydrogens (tertiary/aromatic N) is 2. The van der Waals surface area contributed by atoms with Crippen LogP contribution in [0.4, 0.5) is 26.3 Å². The van der Waals surface area contributed by atoms with Crippen LogP contribution in [0.5, 0.6) is 0 Å². The van der Waals surface area contributed by atoms with Crippen molar-refractivity contribution < 1.29 is 60.4 Å². The molecule has 4 rings (SSSR count). The summed E-state index contributed by atoms with van der Waals surface area (Å²) in [6.07, 6.45) is -3.30. The topological polar surface area (TPSA) is 138 Å². The standard InChI is InChI=1S/C19H27N3O3.2C2HF3O2/c23-19(21-11-14-2-1-6-20-10-14)17-12-22(15-3-7-24-8-4-15)13-18-16(17)5-9-25-18;2*3-2(4,5)1(6)7/h1-2,6,10,15-18H,3-5,7-9,11-13H2,(H,21,23);2*(H,6,7)/t16-,17+,18+;;/m0../s1. The summed E-state index contributed by atoms with van der Waals surface area (Å²) in [5, 5.41) is 17.4. The van der Waals surface area contributed by atoms with Crippen LogP contribution in [0, 0.1) is 11.8 Å². The van der Waals surface area contributed by atoms with E-state index in [0.717, 1.165) is 57.7 Å². The monoisotopic (exact) mass is 573 g/mol. The SMILES string of the molecule is O=C(NCc1cccnc1)[C@@H]1CN(C2CCOCC2)C[C@H]2OCC[C@H]21.O=C(O)C(F)(F)F.O=C(O)C(F)(F)F. The van der Waals surface area contributed by atoms with Crippen molar-refractivity contribution in [3.05, 3.63) is 30.1 Å². The van der Waals surface area contributed by atoms with Crippen molar-refractivity contribution >= 4 is 17.8 Å². The molecule has 0 aliphatic carbocycles. The molecule has 3 saturated heterocycles. The number of carboxylic acid groups (broad SMARTS) is 2. The average Bonchev–Trinajstić information content (AvgIpc) is 3.36. The number of carboxylic acids is 2. The van der Waals surface area contributed by atoms with Gasteiger partial charge < -0.3 is 25.0 Å². The van der Waals surface area contributed by atoms with Crippen LogP contribution in [0.2, 0.25) is 0 Å². The summed E-state index contributed by atoms with van der Waals surface area (Å²) in [7, 11) is 0. The summed E-state index contributed by atoms with van der Waals surface area (Å²) in [4.78, 5) is 37.3. The number of alkyl halides is 6. The Balaban J connectivity index is 0.000000317. The van der Waals surface area contributed by atoms with E-state index in [4.69, 9.17) is 29.3 Å². The molecule has 1 amide bonds. The van der Waals surface area contributed by atoms with Crippen molar-refractivity contribution in [1.82, 2.24) is 15.2 Å². The second kappa shape index (κ2) is 14.4. The molecule has 16 heteroatoms. The van der Waals surface area contributed by atoms with E-state index in [0.29, 0.717) is 18.5 Å². The molecule has 39 heavy (non-hydrogen) atoms. The van der Waals surface area contributed by atoms with Gasteiger partial charge in [-0.1, -0.05) is 6.07 Å². The maximum atomic E-state index is 12.9. The second-order valence-electron chi connectivity index (χ2n) is 8.95. The number of ether oxygens (including phenoxy) is 2. The molecule has 3 N–H and O–H groups in total. The fraction of sp³-hybridized carbons (Fsp3) is 0.652. The minimum absolute atomic E-state index is 0.0146. The first-order chi connectivity index (χ1) is 18.2. The molecular formula is C23H29F6N3O7. The number of amides is 1. The zero-order valence-corrected chi connectivity index (χ0v) is 20.6. The molecule has 1 aromatic rings. The maximum Gasteiger partial charge on any atom is 0.490 e. The van der Waals surface area contributed by atoms with E-state index in [-0.39, 0.29) is 17.9 Å². The lowest BCUT2D eigenvalue weighted by Gasteiger charge is -2.44. The van der Waals surface area contributed by atoms with Gasteiger partial charge in [-0.15, -0.1) is 0 Å². The van der Waals surface area contributed by atoms with E-state index in [1.54, 1.807) is 12.4 Å². The molecule has 0 aromatic carbocycles. The van der Waals surface area contributed by atoms with Crippen LogP contribution in [0.1, 0.15) is 24.8 Å². The Hall–Kier alpha value is -2.98. The Morgan fingerprint density at radius 3 is 2.08 bits per heavy atom. The summed E-state index contributed by atoms with van der Waals surface area (Å²) in [6, 6.07) is 4.41. The quantitative estimate of drug-likeness (QED) is 0.464. The number of pyridine rings is 1. The minimum Gasteiger partial charge on any atom is -0.475 e. The average molecular weight is 573 g/mol. The molecule has 3 atom stereocenters. The molecule has 3 aliphatic heterocycles. The third-order valence-electron chi connectivity index (χ3n) is 6.34. The number of aromatic nitrogens is 1. The van der Waals surface area contributed by atoms with Crippen LogP contribution in [0.15, 0.2) is 24.5 Å². The number of likely N-dealkylation sites (tertiary alicyclic amines) is 1. The first-order valence-electron chi connectivity index (χ1n) is 11.9. The largest absolute Gasteiger partial charge is 0.490 e. The number of piperidine rings is 1. The van der Waals surface area contributed by atoms with Crippen molar-refractivity contribution in [1.29, 1.82) is 0 Å². The highest BCUT2D eigenvalue weighted by Gasteiger charge is 2.45. The lowest BCUT2D eigenvalue weighted by Crippen LogP contribution is -2.56. The minimum atomic E-state index is -5.08. The highest BCUT2D eigenvalue weighted by molar-refractivity contribution is 5.79. The Bertz CT molecular complexity index is 918. The molecular weight excluding hydrogens is 544 g/mol. The van der Waals surface area contributed by atoms with Gasteiger partial charge in [-0.3, -0.25) is 14.7 Å². The van der Waals surface area contributed by atoms with E-state index in [1.807, 2.05) is 12.1 Å². The normalized spacial score (nSPS) is 23.8. The van der Waals surface area contributed by atoms with Gasteiger partial charge in [0.25, 0.3) is 0 Å². The lowest BCUT2D eigenvalue weighted by molar-refractivity contribution is -0.193. The smallest absolute Gasteiger partial charge is 0.475 e. The summed E-state index contributed by atoms with van der Waals surface area (Å²) >= 11 is 0. The number of carbonyl (C=O) groups is 3. The third-order valence-corrected chi connectivity index (χ3v) is 6.34. The first kappa shape index (κ1) is 32.2. The summed E-state index contributed by atoms with van der Waals surface area (Å²) in [6.45, 7) is 4.78. The van der Waals surface area contributed by atoms with E-state index in [1.165, 1.54) is 0 Å². The number of aliphatic carboxylic acids is 2. The number of nitrogens with one attached hydrogen (secondary N) is 1. The van der Waals surface area contributed by atoms with Crippen LogP contribution < -0.4 is 5.32 Å². The van der Waals surface area contributed by atoms with E-state index in [9.17, 15) is 31.1 Å². The van der Waals surface area contributed by atoms with Gasteiger partial charge in [-0.25, -0.2) is 9.59 Å². The van der Waals surface area contributed by atoms with Crippen LogP contribution >= 0.6 is 0 Å². The molecule has 4 heterocycles. The number of carbonyl (C=O) groups excluding carboxylic acids is 1. The number of hydrogen-bond acceptors (Lipinski definition) is 7. The molecule has 3 fully saturated rings. The van der Waals surface area contributed by atoms with Crippen LogP contribution in [-0.4, -0.2) is 95.4 Å². The molecule has 1 aromatic heterocycles. The molecule has 0 bridgehead atoms. The Morgan fingerprint density at radius 2 is 1.56 bits per heavy atom. The molecule has 0 unspecified atom stereocenters. The molecule has 220 valence electrons. The van der Waals surface area contributed by atoms with Crippen LogP contribution in [0.3, 0.4) is 0 Å². The zero-order chi connectivity index (χ0) is 29.2. The molecule has 0 spiro atoms. The third kappa shape index (κ3) is 10.6. The van der Waals surface area contributed by atoms with E-state index in [2.05, 4.69) is 15.2 Å². The van der Waals surface area contributed by atoms with Crippen molar-refractivity contribution in [2.75, 3.05) is 32.9 Å². The van der Waals surface area contributed by atoms with Crippen molar-refractivity contribution in [2.45, 2.75) is 50.3 Å². The van der Waals surface area contributed by atoms with Gasteiger partial charge in [-0.05, 0) is 30.9 Å². The summed E-state index contributed by atoms with van der Waals surface area (Å²) in [5.74, 6) is -4.99. The highest BCUT2D eigenvalue weighted by atomic mass is 19.4. The van der Waals surface area contributed by atoms with Gasteiger partial charge in [0, 0.05) is 63.8 Å². The van der Waals surface area contributed by atoms with Gasteiger partial charge in [-0.2, -0.15) is 26.3 Å². The van der Waals surface area contributed by atoms with Gasteiger partial charge >= 0.3 is 24.3 Å². The van der Waals surface area contributed by atoms with Crippen molar-refractivity contribution in [3.8, 4) is 0 Å². The number of fused-ring (bicyclic) bond motifs is 1. The van der Waals surface area contributed by atoms with Gasteiger partial charge in [0.1, 0.15) is 0 Å². The van der Waals surface area contributed by atoms with E-state index >= 15 is 0 Å². The number of halogens is 6.